The normalized spacial score (nSPS) is 14.6. The summed E-state index contributed by atoms with van der Waals surface area (Å²) in [6, 6.07) is 14.7. The average molecular weight is 245 g/mol. The number of pyridine rings is 1. The zero-order chi connectivity index (χ0) is 11.7. The van der Waals surface area contributed by atoms with Gasteiger partial charge in [-0.1, -0.05) is 41.9 Å². The molecular weight excluding hydrogens is 232 g/mol. The SMILES string of the molecule is Clc1cccc(NC2Cc3ccccc3C2)n1. The van der Waals surface area contributed by atoms with Gasteiger partial charge in [0, 0.05) is 6.04 Å². The van der Waals surface area contributed by atoms with Crippen LogP contribution in [0.15, 0.2) is 42.5 Å². The Labute approximate surface area is 106 Å². The molecular formula is C14H13ClN2. The third kappa shape index (κ3) is 2.27. The molecule has 0 spiro atoms. The van der Waals surface area contributed by atoms with Gasteiger partial charge in [0.05, 0.1) is 0 Å². The van der Waals surface area contributed by atoms with Crippen LogP contribution in [0.2, 0.25) is 5.15 Å². The molecule has 1 N–H and O–H groups in total. The summed E-state index contributed by atoms with van der Waals surface area (Å²) in [6.45, 7) is 0. The molecule has 0 radical (unpaired) electrons. The van der Waals surface area contributed by atoms with Gasteiger partial charge >= 0.3 is 0 Å². The highest BCUT2D eigenvalue weighted by Gasteiger charge is 2.20. The van der Waals surface area contributed by atoms with E-state index in [0.29, 0.717) is 11.2 Å². The fraction of sp³-hybridized carbons (Fsp3) is 0.214. The molecule has 0 aliphatic heterocycles. The molecule has 2 aromatic rings. The lowest BCUT2D eigenvalue weighted by atomic mass is 10.1. The van der Waals surface area contributed by atoms with Crippen LogP contribution in [0, 0.1) is 0 Å². The maximum absolute atomic E-state index is 5.87. The van der Waals surface area contributed by atoms with Gasteiger partial charge in [0.15, 0.2) is 0 Å². The average Bonchev–Trinajstić information content (AvgIpc) is 2.71. The van der Waals surface area contributed by atoms with Gasteiger partial charge < -0.3 is 5.32 Å². The van der Waals surface area contributed by atoms with Crippen LogP contribution in [0.25, 0.3) is 0 Å². The molecule has 0 amide bonds. The van der Waals surface area contributed by atoms with Crippen molar-refractivity contribution in [3.05, 3.63) is 58.7 Å². The highest BCUT2D eigenvalue weighted by molar-refractivity contribution is 6.29. The van der Waals surface area contributed by atoms with Crippen molar-refractivity contribution in [2.24, 2.45) is 0 Å². The monoisotopic (exact) mass is 244 g/mol. The maximum atomic E-state index is 5.87. The van der Waals surface area contributed by atoms with E-state index in [-0.39, 0.29) is 0 Å². The summed E-state index contributed by atoms with van der Waals surface area (Å²) >= 11 is 5.87. The maximum Gasteiger partial charge on any atom is 0.131 e. The van der Waals surface area contributed by atoms with Gasteiger partial charge in [0.25, 0.3) is 0 Å². The Bertz CT molecular complexity index is 514. The van der Waals surface area contributed by atoms with E-state index < -0.39 is 0 Å². The number of anilines is 1. The fourth-order valence-electron chi connectivity index (χ4n) is 2.36. The smallest absolute Gasteiger partial charge is 0.131 e. The molecule has 0 unspecified atom stereocenters. The molecule has 1 aliphatic rings. The standard InChI is InChI=1S/C14H13ClN2/c15-13-6-3-7-14(17-13)16-12-8-10-4-1-2-5-11(10)9-12/h1-7,12H,8-9H2,(H,16,17). The van der Waals surface area contributed by atoms with E-state index in [1.54, 1.807) is 6.07 Å². The number of hydrogen-bond acceptors (Lipinski definition) is 2. The summed E-state index contributed by atoms with van der Waals surface area (Å²) in [6.07, 6.45) is 2.12. The van der Waals surface area contributed by atoms with Crippen molar-refractivity contribution in [3.63, 3.8) is 0 Å². The highest BCUT2D eigenvalue weighted by Crippen LogP contribution is 2.24. The summed E-state index contributed by atoms with van der Waals surface area (Å²) in [7, 11) is 0. The molecule has 0 atom stereocenters. The molecule has 0 fully saturated rings. The molecule has 2 nitrogen and oxygen atoms in total. The van der Waals surface area contributed by atoms with Crippen molar-refractivity contribution in [3.8, 4) is 0 Å². The third-order valence-electron chi connectivity index (χ3n) is 3.12. The first kappa shape index (κ1) is 10.6. The Morgan fingerprint density at radius 1 is 1.00 bits per heavy atom. The number of nitrogens with zero attached hydrogens (tertiary/aromatic N) is 1. The van der Waals surface area contributed by atoms with Gasteiger partial charge in [-0.25, -0.2) is 4.98 Å². The van der Waals surface area contributed by atoms with E-state index in [0.717, 1.165) is 18.7 Å². The first-order valence-corrected chi connectivity index (χ1v) is 6.15. The van der Waals surface area contributed by atoms with E-state index in [1.807, 2.05) is 12.1 Å². The van der Waals surface area contributed by atoms with Gasteiger partial charge in [-0.05, 0) is 36.1 Å². The Kier molecular flexibility index (Phi) is 2.73. The van der Waals surface area contributed by atoms with Gasteiger partial charge in [0.2, 0.25) is 0 Å². The molecule has 1 heterocycles. The number of rotatable bonds is 2. The molecule has 1 aliphatic carbocycles. The minimum atomic E-state index is 0.429. The van der Waals surface area contributed by atoms with Crippen molar-refractivity contribution in [2.75, 3.05) is 5.32 Å². The van der Waals surface area contributed by atoms with Crippen LogP contribution in [0.5, 0.6) is 0 Å². The second-order valence-electron chi connectivity index (χ2n) is 4.36. The second kappa shape index (κ2) is 4.38. The van der Waals surface area contributed by atoms with Gasteiger partial charge in [-0.3, -0.25) is 0 Å². The van der Waals surface area contributed by atoms with E-state index in [2.05, 4.69) is 34.6 Å². The summed E-state index contributed by atoms with van der Waals surface area (Å²) in [4.78, 5) is 4.25. The lowest BCUT2D eigenvalue weighted by molar-refractivity contribution is 0.769. The van der Waals surface area contributed by atoms with Gasteiger partial charge in [-0.15, -0.1) is 0 Å². The van der Waals surface area contributed by atoms with Crippen LogP contribution in [0.1, 0.15) is 11.1 Å². The number of benzene rings is 1. The van der Waals surface area contributed by atoms with Crippen molar-refractivity contribution < 1.29 is 0 Å². The van der Waals surface area contributed by atoms with Crippen molar-refractivity contribution in [1.82, 2.24) is 4.98 Å². The second-order valence-corrected chi connectivity index (χ2v) is 4.75. The molecule has 1 aromatic heterocycles. The molecule has 3 rings (SSSR count). The molecule has 0 saturated heterocycles. The summed E-state index contributed by atoms with van der Waals surface area (Å²) in [5.41, 5.74) is 2.87. The molecule has 1 aromatic carbocycles. The van der Waals surface area contributed by atoms with Crippen LogP contribution in [0.4, 0.5) is 5.82 Å². The van der Waals surface area contributed by atoms with Crippen LogP contribution >= 0.6 is 11.6 Å². The van der Waals surface area contributed by atoms with E-state index in [4.69, 9.17) is 11.6 Å². The zero-order valence-corrected chi connectivity index (χ0v) is 10.1. The Hall–Kier alpha value is -1.54. The van der Waals surface area contributed by atoms with Crippen LogP contribution < -0.4 is 5.32 Å². The number of nitrogens with one attached hydrogen (secondary N) is 1. The topological polar surface area (TPSA) is 24.9 Å². The van der Waals surface area contributed by atoms with Crippen LogP contribution in [-0.2, 0) is 12.8 Å². The number of hydrogen-bond donors (Lipinski definition) is 1. The quantitative estimate of drug-likeness (QED) is 0.820. The molecule has 0 bridgehead atoms. The van der Waals surface area contributed by atoms with Crippen LogP contribution in [-0.4, -0.2) is 11.0 Å². The summed E-state index contributed by atoms with van der Waals surface area (Å²) in [5.74, 6) is 0.857. The Balaban J connectivity index is 1.74. The van der Waals surface area contributed by atoms with Crippen molar-refractivity contribution in [2.45, 2.75) is 18.9 Å². The molecule has 17 heavy (non-hydrogen) atoms. The zero-order valence-electron chi connectivity index (χ0n) is 9.36. The Morgan fingerprint density at radius 3 is 2.35 bits per heavy atom. The number of halogens is 1. The predicted molar refractivity (Wildman–Crippen MR) is 70.5 cm³/mol. The molecule has 0 saturated carbocycles. The predicted octanol–water partition coefficient (Wildman–Crippen LogP) is 3.31. The summed E-state index contributed by atoms with van der Waals surface area (Å²) < 4.78 is 0. The van der Waals surface area contributed by atoms with Gasteiger partial charge in [-0.2, -0.15) is 0 Å². The largest absolute Gasteiger partial charge is 0.367 e. The van der Waals surface area contributed by atoms with Crippen LogP contribution in [0.3, 0.4) is 0 Å². The first-order chi connectivity index (χ1) is 8.31. The number of aromatic nitrogens is 1. The van der Waals surface area contributed by atoms with E-state index >= 15 is 0 Å². The van der Waals surface area contributed by atoms with E-state index in [9.17, 15) is 0 Å². The molecule has 86 valence electrons. The minimum Gasteiger partial charge on any atom is -0.367 e. The first-order valence-electron chi connectivity index (χ1n) is 5.77. The van der Waals surface area contributed by atoms with E-state index in [1.165, 1.54) is 11.1 Å². The molecule has 3 heteroatoms. The Morgan fingerprint density at radius 2 is 1.71 bits per heavy atom. The van der Waals surface area contributed by atoms with Crippen molar-refractivity contribution >= 4 is 17.4 Å². The minimum absolute atomic E-state index is 0.429. The summed E-state index contributed by atoms with van der Waals surface area (Å²) in [5, 5.41) is 3.97. The van der Waals surface area contributed by atoms with Crippen molar-refractivity contribution in [1.29, 1.82) is 0 Å². The van der Waals surface area contributed by atoms with Gasteiger partial charge in [0.1, 0.15) is 11.0 Å². The highest BCUT2D eigenvalue weighted by atomic mass is 35.5. The number of fused-ring (bicyclic) bond motifs is 1. The lowest BCUT2D eigenvalue weighted by Gasteiger charge is -2.12. The lowest BCUT2D eigenvalue weighted by Crippen LogP contribution is -2.20. The fourth-order valence-corrected chi connectivity index (χ4v) is 2.52. The third-order valence-corrected chi connectivity index (χ3v) is 3.33.